The summed E-state index contributed by atoms with van der Waals surface area (Å²) in [6.45, 7) is 4.52. The number of anilines is 1. The van der Waals surface area contributed by atoms with Gasteiger partial charge in [0.2, 0.25) is 0 Å². The van der Waals surface area contributed by atoms with E-state index >= 15 is 0 Å². The molecule has 1 aromatic carbocycles. The molecule has 3 heteroatoms. The predicted octanol–water partition coefficient (Wildman–Crippen LogP) is 2.63. The van der Waals surface area contributed by atoms with Crippen molar-refractivity contribution in [1.29, 1.82) is 0 Å². The number of ether oxygens (including phenoxy) is 1. The van der Waals surface area contributed by atoms with Gasteiger partial charge in [-0.3, -0.25) is 0 Å². The molecule has 2 nitrogen and oxygen atoms in total. The minimum absolute atomic E-state index is 0.561. The molecule has 0 aliphatic carbocycles. The van der Waals surface area contributed by atoms with Crippen LogP contribution in [0.2, 0.25) is 5.02 Å². The number of nitrogens with two attached hydrogens (primary N) is 1. The average Bonchev–Trinajstić information content (AvgIpc) is 2.01. The number of hydrogen-bond donors (Lipinski definition) is 1. The Bertz CT molecular complexity index is 286. The second kappa shape index (κ2) is 3.68. The highest BCUT2D eigenvalue weighted by atomic mass is 35.5. The molecule has 0 fully saturated rings. The van der Waals surface area contributed by atoms with E-state index in [1.807, 2.05) is 19.9 Å². The van der Waals surface area contributed by atoms with Gasteiger partial charge in [-0.25, -0.2) is 0 Å². The second-order valence-corrected chi connectivity index (χ2v) is 2.98. The molecular formula is C9H12ClNO. The van der Waals surface area contributed by atoms with Gasteiger partial charge < -0.3 is 10.5 Å². The summed E-state index contributed by atoms with van der Waals surface area (Å²) < 4.78 is 5.33. The van der Waals surface area contributed by atoms with Gasteiger partial charge in [0, 0.05) is 6.07 Å². The molecule has 0 heterocycles. The van der Waals surface area contributed by atoms with Crippen LogP contribution < -0.4 is 10.5 Å². The highest BCUT2D eigenvalue weighted by Gasteiger charge is 2.02. The molecular weight excluding hydrogens is 174 g/mol. The van der Waals surface area contributed by atoms with E-state index in [9.17, 15) is 0 Å². The normalized spacial score (nSPS) is 9.92. The molecule has 0 aliphatic rings. The molecule has 0 aliphatic heterocycles. The van der Waals surface area contributed by atoms with Crippen LogP contribution in [-0.2, 0) is 0 Å². The Morgan fingerprint density at radius 2 is 2.17 bits per heavy atom. The molecule has 2 N–H and O–H groups in total. The first kappa shape index (κ1) is 9.20. The zero-order chi connectivity index (χ0) is 9.14. The third kappa shape index (κ3) is 1.83. The molecule has 66 valence electrons. The average molecular weight is 186 g/mol. The van der Waals surface area contributed by atoms with Crippen molar-refractivity contribution in [3.05, 3.63) is 22.7 Å². The molecule has 0 saturated heterocycles. The maximum absolute atomic E-state index is 5.81. The van der Waals surface area contributed by atoms with Crippen LogP contribution in [0.25, 0.3) is 0 Å². The number of nitrogen functional groups attached to an aromatic ring is 1. The van der Waals surface area contributed by atoms with E-state index in [-0.39, 0.29) is 0 Å². The molecule has 0 amide bonds. The summed E-state index contributed by atoms with van der Waals surface area (Å²) in [6.07, 6.45) is 0. The Kier molecular flexibility index (Phi) is 2.82. The van der Waals surface area contributed by atoms with Crippen LogP contribution in [0.5, 0.6) is 5.75 Å². The van der Waals surface area contributed by atoms with E-state index < -0.39 is 0 Å². The molecule has 0 aromatic heterocycles. The molecule has 0 atom stereocenters. The topological polar surface area (TPSA) is 35.2 Å². The van der Waals surface area contributed by atoms with Crippen molar-refractivity contribution in [1.82, 2.24) is 0 Å². The van der Waals surface area contributed by atoms with Crippen molar-refractivity contribution >= 4 is 17.3 Å². The van der Waals surface area contributed by atoms with E-state index in [0.717, 1.165) is 11.3 Å². The Hall–Kier alpha value is -0.890. The monoisotopic (exact) mass is 185 g/mol. The summed E-state index contributed by atoms with van der Waals surface area (Å²) in [5, 5.41) is 0.580. The first-order chi connectivity index (χ1) is 5.65. The van der Waals surface area contributed by atoms with Crippen LogP contribution in [0.3, 0.4) is 0 Å². The van der Waals surface area contributed by atoms with Crippen molar-refractivity contribution in [3.63, 3.8) is 0 Å². The van der Waals surface area contributed by atoms with Gasteiger partial charge in [0.25, 0.3) is 0 Å². The lowest BCUT2D eigenvalue weighted by Crippen LogP contribution is -1.96. The molecule has 0 saturated carbocycles. The van der Waals surface area contributed by atoms with Crippen molar-refractivity contribution in [2.75, 3.05) is 12.3 Å². The third-order valence-corrected chi connectivity index (χ3v) is 1.92. The van der Waals surface area contributed by atoms with Crippen molar-refractivity contribution in [2.45, 2.75) is 13.8 Å². The van der Waals surface area contributed by atoms with Crippen LogP contribution in [0.4, 0.5) is 5.69 Å². The minimum atomic E-state index is 0.561. The van der Waals surface area contributed by atoms with Gasteiger partial charge >= 0.3 is 0 Å². The van der Waals surface area contributed by atoms with Gasteiger partial charge in [-0.1, -0.05) is 11.6 Å². The van der Waals surface area contributed by atoms with E-state index in [2.05, 4.69) is 0 Å². The number of aryl methyl sites for hydroxylation is 1. The third-order valence-electron chi connectivity index (χ3n) is 1.59. The fraction of sp³-hybridized carbons (Fsp3) is 0.333. The number of benzene rings is 1. The Morgan fingerprint density at radius 3 is 2.75 bits per heavy atom. The highest BCUT2D eigenvalue weighted by molar-refractivity contribution is 6.33. The Morgan fingerprint density at radius 1 is 1.50 bits per heavy atom. The molecule has 0 unspecified atom stereocenters. The quantitative estimate of drug-likeness (QED) is 0.719. The predicted molar refractivity (Wildman–Crippen MR) is 51.8 cm³/mol. The van der Waals surface area contributed by atoms with Crippen LogP contribution >= 0.6 is 11.6 Å². The van der Waals surface area contributed by atoms with Crippen LogP contribution in [0.1, 0.15) is 12.5 Å². The van der Waals surface area contributed by atoms with Crippen LogP contribution in [0.15, 0.2) is 12.1 Å². The van der Waals surface area contributed by atoms with Gasteiger partial charge in [-0.2, -0.15) is 0 Å². The van der Waals surface area contributed by atoms with Crippen LogP contribution in [-0.4, -0.2) is 6.61 Å². The summed E-state index contributed by atoms with van der Waals surface area (Å²) in [4.78, 5) is 0. The lowest BCUT2D eigenvalue weighted by molar-refractivity contribution is 0.338. The summed E-state index contributed by atoms with van der Waals surface area (Å²) in [5.41, 5.74) is 7.18. The number of halogens is 1. The number of rotatable bonds is 2. The maximum Gasteiger partial charge on any atom is 0.124 e. The second-order valence-electron chi connectivity index (χ2n) is 2.57. The van der Waals surface area contributed by atoms with Crippen molar-refractivity contribution < 1.29 is 4.74 Å². The summed E-state index contributed by atoms with van der Waals surface area (Å²) in [7, 11) is 0. The van der Waals surface area contributed by atoms with Crippen molar-refractivity contribution in [2.24, 2.45) is 0 Å². The first-order valence-electron chi connectivity index (χ1n) is 3.83. The van der Waals surface area contributed by atoms with Crippen LogP contribution in [0, 0.1) is 6.92 Å². The first-order valence-corrected chi connectivity index (χ1v) is 4.21. The van der Waals surface area contributed by atoms with E-state index in [0.29, 0.717) is 17.3 Å². The summed E-state index contributed by atoms with van der Waals surface area (Å²) in [6, 6.07) is 3.56. The van der Waals surface area contributed by atoms with Gasteiger partial charge in [0.1, 0.15) is 5.75 Å². The van der Waals surface area contributed by atoms with Gasteiger partial charge in [0.05, 0.1) is 17.3 Å². The maximum atomic E-state index is 5.81. The molecule has 0 spiro atoms. The zero-order valence-corrected chi connectivity index (χ0v) is 7.98. The van der Waals surface area contributed by atoms with E-state index in [4.69, 9.17) is 22.1 Å². The van der Waals surface area contributed by atoms with Gasteiger partial charge in [-0.05, 0) is 25.5 Å². The molecule has 0 radical (unpaired) electrons. The zero-order valence-electron chi connectivity index (χ0n) is 7.23. The highest BCUT2D eigenvalue weighted by Crippen LogP contribution is 2.27. The lowest BCUT2D eigenvalue weighted by Gasteiger charge is -2.08. The molecule has 0 bridgehead atoms. The fourth-order valence-electron chi connectivity index (χ4n) is 0.980. The molecule has 1 rings (SSSR count). The number of hydrogen-bond acceptors (Lipinski definition) is 2. The fourth-order valence-corrected chi connectivity index (χ4v) is 1.20. The lowest BCUT2D eigenvalue weighted by atomic mass is 10.2. The van der Waals surface area contributed by atoms with Gasteiger partial charge in [-0.15, -0.1) is 0 Å². The van der Waals surface area contributed by atoms with Gasteiger partial charge in [0.15, 0.2) is 0 Å². The van der Waals surface area contributed by atoms with Crippen molar-refractivity contribution in [3.8, 4) is 5.75 Å². The Labute approximate surface area is 77.3 Å². The van der Waals surface area contributed by atoms with E-state index in [1.54, 1.807) is 6.07 Å². The summed E-state index contributed by atoms with van der Waals surface area (Å²) in [5.74, 6) is 0.805. The Balaban J connectivity index is 3.05. The minimum Gasteiger partial charge on any atom is -0.494 e. The smallest absolute Gasteiger partial charge is 0.124 e. The van der Waals surface area contributed by atoms with E-state index in [1.165, 1.54) is 0 Å². The largest absolute Gasteiger partial charge is 0.494 e. The molecule has 1 aromatic rings. The molecule has 12 heavy (non-hydrogen) atoms. The SMILES string of the molecule is CCOc1cc(N)c(Cl)cc1C. The standard InChI is InChI=1S/C9H12ClNO/c1-3-12-9-5-8(11)7(10)4-6(9)2/h4-5H,3,11H2,1-2H3. The summed E-state index contributed by atoms with van der Waals surface area (Å²) >= 11 is 5.81.